The van der Waals surface area contributed by atoms with Crippen LogP contribution in [-0.2, 0) is 27.1 Å². The fraction of sp³-hybridized carbons (Fsp3) is 0.286. The Morgan fingerprint density at radius 1 is 1.08 bits per heavy atom. The number of carbonyl (C=O) groups excluding carboxylic acids is 1. The highest BCUT2D eigenvalue weighted by molar-refractivity contribution is 7.88. The number of carbonyl (C=O) groups is 1. The first kappa shape index (κ1) is 26.5. The molecule has 7 nitrogen and oxygen atoms in total. The van der Waals surface area contributed by atoms with Gasteiger partial charge in [-0.05, 0) is 68.2 Å². The molecule has 0 spiro atoms. The SMILES string of the molecule is CCC1=Cc2c(cnn2-c2ccc(F)cc2)C(C(=O)NCc2ccc(CS(=O)(=O)NC(C)C)cc2)=CC1. The fourth-order valence-corrected chi connectivity index (χ4v) is 5.63. The van der Waals surface area contributed by atoms with E-state index in [1.165, 1.54) is 12.1 Å². The summed E-state index contributed by atoms with van der Waals surface area (Å²) in [6, 6.07) is 13.1. The molecule has 1 aliphatic rings. The topological polar surface area (TPSA) is 93.1 Å². The van der Waals surface area contributed by atoms with E-state index in [1.807, 2.05) is 24.3 Å². The van der Waals surface area contributed by atoms with Crippen LogP contribution in [-0.4, -0.2) is 30.1 Å². The van der Waals surface area contributed by atoms with Crippen molar-refractivity contribution in [3.8, 4) is 5.69 Å². The van der Waals surface area contributed by atoms with E-state index in [2.05, 4.69) is 22.1 Å². The molecule has 0 bridgehead atoms. The Hall–Kier alpha value is -3.56. The molecule has 9 heteroatoms. The van der Waals surface area contributed by atoms with Crippen LogP contribution < -0.4 is 10.0 Å². The number of aromatic nitrogens is 2. The first-order valence-electron chi connectivity index (χ1n) is 12.2. The second-order valence-corrected chi connectivity index (χ2v) is 11.1. The molecule has 0 fully saturated rings. The van der Waals surface area contributed by atoms with E-state index in [1.54, 1.807) is 49.0 Å². The first-order chi connectivity index (χ1) is 17.6. The predicted molar refractivity (Wildman–Crippen MR) is 144 cm³/mol. The maximum Gasteiger partial charge on any atom is 0.251 e. The van der Waals surface area contributed by atoms with Crippen LogP contribution in [0.5, 0.6) is 0 Å². The monoisotopic (exact) mass is 522 g/mol. The summed E-state index contributed by atoms with van der Waals surface area (Å²) in [5, 5.41) is 7.46. The van der Waals surface area contributed by atoms with E-state index in [0.29, 0.717) is 35.4 Å². The minimum atomic E-state index is -3.40. The van der Waals surface area contributed by atoms with E-state index in [9.17, 15) is 17.6 Å². The number of halogens is 1. The van der Waals surface area contributed by atoms with Gasteiger partial charge in [0, 0.05) is 23.7 Å². The zero-order valence-corrected chi connectivity index (χ0v) is 22.0. The lowest BCUT2D eigenvalue weighted by atomic mass is 10.1. The van der Waals surface area contributed by atoms with Gasteiger partial charge in [-0.25, -0.2) is 22.2 Å². The number of allylic oxidation sites excluding steroid dienone is 2. The van der Waals surface area contributed by atoms with Crippen molar-refractivity contribution in [2.75, 3.05) is 0 Å². The Balaban J connectivity index is 1.49. The Labute approximate surface area is 217 Å². The van der Waals surface area contributed by atoms with Gasteiger partial charge in [-0.2, -0.15) is 5.10 Å². The van der Waals surface area contributed by atoms with Crippen molar-refractivity contribution in [3.05, 3.63) is 94.6 Å². The average molecular weight is 523 g/mol. The largest absolute Gasteiger partial charge is 0.348 e. The van der Waals surface area contributed by atoms with Gasteiger partial charge in [0.2, 0.25) is 10.0 Å². The van der Waals surface area contributed by atoms with Crippen molar-refractivity contribution in [1.82, 2.24) is 19.8 Å². The molecule has 0 saturated carbocycles. The molecule has 37 heavy (non-hydrogen) atoms. The summed E-state index contributed by atoms with van der Waals surface area (Å²) in [5.41, 5.74) is 5.42. The molecule has 3 aromatic rings. The Morgan fingerprint density at radius 3 is 2.41 bits per heavy atom. The van der Waals surface area contributed by atoms with Crippen LogP contribution in [0.15, 0.2) is 66.4 Å². The van der Waals surface area contributed by atoms with Gasteiger partial charge in [0.1, 0.15) is 5.82 Å². The first-order valence-corrected chi connectivity index (χ1v) is 13.9. The van der Waals surface area contributed by atoms with Crippen LogP contribution in [0.2, 0.25) is 0 Å². The molecule has 0 atom stereocenters. The molecule has 2 aromatic carbocycles. The second-order valence-electron chi connectivity index (χ2n) is 9.34. The molecule has 1 aliphatic carbocycles. The highest BCUT2D eigenvalue weighted by Gasteiger charge is 2.22. The zero-order valence-electron chi connectivity index (χ0n) is 21.2. The summed E-state index contributed by atoms with van der Waals surface area (Å²) in [5.74, 6) is -0.648. The van der Waals surface area contributed by atoms with Crippen molar-refractivity contribution in [2.45, 2.75) is 52.0 Å². The molecular formula is C28H31FN4O3S. The van der Waals surface area contributed by atoms with E-state index in [0.717, 1.165) is 23.3 Å². The van der Waals surface area contributed by atoms with Crippen molar-refractivity contribution >= 4 is 27.6 Å². The smallest absolute Gasteiger partial charge is 0.251 e. The Kier molecular flexibility index (Phi) is 8.04. The van der Waals surface area contributed by atoms with Gasteiger partial charge < -0.3 is 5.32 Å². The lowest BCUT2D eigenvalue weighted by Gasteiger charge is -2.11. The number of benzene rings is 2. The van der Waals surface area contributed by atoms with Gasteiger partial charge in [-0.1, -0.05) is 42.8 Å². The van der Waals surface area contributed by atoms with Gasteiger partial charge in [-0.3, -0.25) is 4.79 Å². The summed E-state index contributed by atoms with van der Waals surface area (Å²) < 4.78 is 42.1. The van der Waals surface area contributed by atoms with Gasteiger partial charge >= 0.3 is 0 Å². The lowest BCUT2D eigenvalue weighted by molar-refractivity contribution is -0.115. The van der Waals surface area contributed by atoms with Gasteiger partial charge in [0.15, 0.2) is 0 Å². The number of amides is 1. The van der Waals surface area contributed by atoms with Crippen LogP contribution in [0.4, 0.5) is 4.39 Å². The average Bonchev–Trinajstić information content (AvgIpc) is 3.15. The zero-order chi connectivity index (χ0) is 26.6. The highest BCUT2D eigenvalue weighted by Crippen LogP contribution is 2.30. The molecule has 1 aromatic heterocycles. The van der Waals surface area contributed by atoms with E-state index < -0.39 is 10.0 Å². The normalized spacial score (nSPS) is 13.5. The molecule has 0 unspecified atom stereocenters. The molecule has 0 radical (unpaired) electrons. The number of nitrogens with one attached hydrogen (secondary N) is 2. The Bertz CT molecular complexity index is 1440. The third-order valence-electron chi connectivity index (χ3n) is 6.02. The van der Waals surface area contributed by atoms with E-state index in [-0.39, 0.29) is 23.5 Å². The van der Waals surface area contributed by atoms with Crippen LogP contribution in [0.25, 0.3) is 17.3 Å². The minimum Gasteiger partial charge on any atom is -0.348 e. The number of hydrogen-bond donors (Lipinski definition) is 2. The molecule has 194 valence electrons. The van der Waals surface area contributed by atoms with E-state index in [4.69, 9.17) is 0 Å². The number of rotatable bonds is 9. The molecule has 1 heterocycles. The number of sulfonamides is 1. The summed E-state index contributed by atoms with van der Waals surface area (Å²) in [4.78, 5) is 13.3. The van der Waals surface area contributed by atoms with Crippen molar-refractivity contribution < 1.29 is 17.6 Å². The molecule has 2 N–H and O–H groups in total. The molecule has 0 saturated heterocycles. The van der Waals surface area contributed by atoms with E-state index >= 15 is 0 Å². The van der Waals surface area contributed by atoms with Gasteiger partial charge in [0.05, 0.1) is 23.3 Å². The number of fused-ring (bicyclic) bond motifs is 1. The summed E-state index contributed by atoms with van der Waals surface area (Å²) >= 11 is 0. The minimum absolute atomic E-state index is 0.0989. The second kappa shape index (κ2) is 11.2. The van der Waals surface area contributed by atoms with Crippen LogP contribution >= 0.6 is 0 Å². The summed E-state index contributed by atoms with van der Waals surface area (Å²) in [7, 11) is -3.40. The quantitative estimate of drug-likeness (QED) is 0.425. The maximum atomic E-state index is 13.4. The van der Waals surface area contributed by atoms with Crippen molar-refractivity contribution in [1.29, 1.82) is 0 Å². The van der Waals surface area contributed by atoms with Gasteiger partial charge in [0.25, 0.3) is 5.91 Å². The lowest BCUT2D eigenvalue weighted by Crippen LogP contribution is -2.31. The molecule has 1 amide bonds. The summed E-state index contributed by atoms with van der Waals surface area (Å²) in [6.45, 7) is 5.92. The van der Waals surface area contributed by atoms with Gasteiger partial charge in [-0.15, -0.1) is 0 Å². The van der Waals surface area contributed by atoms with Crippen LogP contribution in [0.1, 0.15) is 56.0 Å². The Morgan fingerprint density at radius 2 is 1.76 bits per heavy atom. The fourth-order valence-electron chi connectivity index (χ4n) is 4.20. The molecule has 0 aliphatic heterocycles. The van der Waals surface area contributed by atoms with Crippen molar-refractivity contribution in [3.63, 3.8) is 0 Å². The molecule has 4 rings (SSSR count). The summed E-state index contributed by atoms with van der Waals surface area (Å²) in [6.07, 6.45) is 7.10. The number of hydrogen-bond acceptors (Lipinski definition) is 4. The standard InChI is InChI=1S/C28H31FN4O3S/c1-4-20-9-14-25(26-17-31-33(27(26)15-20)24-12-10-23(29)11-13-24)28(34)30-16-21-5-7-22(8-6-21)18-37(35,36)32-19(2)3/h5-8,10-15,17,19,32H,4,9,16,18H2,1-3H3,(H,30,34). The predicted octanol–water partition coefficient (Wildman–Crippen LogP) is 4.74. The third kappa shape index (κ3) is 6.61. The van der Waals surface area contributed by atoms with Crippen LogP contribution in [0, 0.1) is 5.82 Å². The van der Waals surface area contributed by atoms with Crippen molar-refractivity contribution in [2.24, 2.45) is 0 Å². The third-order valence-corrected chi connectivity index (χ3v) is 7.57. The van der Waals surface area contributed by atoms with Crippen LogP contribution in [0.3, 0.4) is 0 Å². The molecular weight excluding hydrogens is 491 g/mol. The maximum absolute atomic E-state index is 13.4. The highest BCUT2D eigenvalue weighted by atomic mass is 32.2. The number of nitrogens with zero attached hydrogens (tertiary/aromatic N) is 2.